The van der Waals surface area contributed by atoms with Gasteiger partial charge in [0.15, 0.2) is 0 Å². The molecule has 0 unspecified atom stereocenters. The molecule has 4 rings (SSSR count). The first-order valence-corrected chi connectivity index (χ1v) is 12.5. The third-order valence-corrected chi connectivity index (χ3v) is 6.44. The Hall–Kier alpha value is -3.26. The summed E-state index contributed by atoms with van der Waals surface area (Å²) in [5.74, 6) is 1.19. The highest BCUT2D eigenvalue weighted by atomic mass is 79.9. The fourth-order valence-corrected chi connectivity index (χ4v) is 3.99. The number of methoxy groups -OCH3 is 1. The quantitative estimate of drug-likeness (QED) is 0.210. The molecule has 0 aliphatic carbocycles. The number of carbonyl (C=O) groups excluding carboxylic acids is 1. The Morgan fingerprint density at radius 2 is 1.89 bits per heavy atom. The lowest BCUT2D eigenvalue weighted by Crippen LogP contribution is -2.07. The summed E-state index contributed by atoms with van der Waals surface area (Å²) in [5, 5.41) is 8.09. The largest absolute Gasteiger partial charge is 0.496 e. The first-order valence-electron chi connectivity index (χ1n) is 10.9. The van der Waals surface area contributed by atoms with Crippen LogP contribution in [-0.4, -0.2) is 22.8 Å². The molecule has 0 aliphatic rings. The molecule has 6 nitrogen and oxygen atoms in total. The van der Waals surface area contributed by atoms with Crippen molar-refractivity contribution >= 4 is 56.8 Å². The topological polar surface area (TPSA) is 65.4 Å². The van der Waals surface area contributed by atoms with Gasteiger partial charge in [0.1, 0.15) is 18.1 Å². The summed E-state index contributed by atoms with van der Waals surface area (Å²) in [6, 6.07) is 18.7. The highest BCUT2D eigenvalue weighted by Gasteiger charge is 2.07. The van der Waals surface area contributed by atoms with Crippen LogP contribution in [0.25, 0.3) is 6.08 Å². The molecule has 4 aromatic rings. The Balaban J connectivity index is 1.36. The van der Waals surface area contributed by atoms with Gasteiger partial charge in [-0.2, -0.15) is 5.10 Å². The molecule has 0 spiro atoms. The molecule has 1 amide bonds. The van der Waals surface area contributed by atoms with E-state index in [2.05, 4.69) is 26.3 Å². The molecule has 3 aromatic carbocycles. The monoisotopic (exact) mass is 585 g/mol. The minimum Gasteiger partial charge on any atom is -0.496 e. The Labute approximate surface area is 227 Å². The number of rotatable bonds is 9. The van der Waals surface area contributed by atoms with Gasteiger partial charge in [-0.25, -0.2) is 0 Å². The van der Waals surface area contributed by atoms with E-state index in [1.807, 2.05) is 48.5 Å². The molecule has 0 saturated carbocycles. The molecule has 1 aromatic heterocycles. The van der Waals surface area contributed by atoms with Crippen molar-refractivity contribution in [3.05, 3.63) is 110 Å². The molecule has 0 atom stereocenters. The average Bonchev–Trinajstić information content (AvgIpc) is 3.31. The zero-order chi connectivity index (χ0) is 25.5. The summed E-state index contributed by atoms with van der Waals surface area (Å²) in [6.07, 6.45) is 6.54. The SMILES string of the molecule is COc1ccc(/C=C/C(=O)Nc2cnn(Cc3ccc(Cl)c(Cl)c3)c2)cc1COc1ccc(Br)cc1. The van der Waals surface area contributed by atoms with Gasteiger partial charge in [0.2, 0.25) is 5.91 Å². The second kappa shape index (κ2) is 12.1. The van der Waals surface area contributed by atoms with E-state index >= 15 is 0 Å². The van der Waals surface area contributed by atoms with Crippen LogP contribution >= 0.6 is 39.1 Å². The molecule has 184 valence electrons. The Morgan fingerprint density at radius 1 is 1.08 bits per heavy atom. The number of aromatic nitrogens is 2. The van der Waals surface area contributed by atoms with E-state index < -0.39 is 0 Å². The normalized spacial score (nSPS) is 11.0. The Bertz CT molecular complexity index is 1390. The van der Waals surface area contributed by atoms with Gasteiger partial charge >= 0.3 is 0 Å². The first-order chi connectivity index (χ1) is 17.4. The summed E-state index contributed by atoms with van der Waals surface area (Å²) in [5.41, 5.74) is 3.25. The molecule has 0 radical (unpaired) electrons. The number of anilines is 1. The maximum atomic E-state index is 12.5. The van der Waals surface area contributed by atoms with Crippen LogP contribution in [0.2, 0.25) is 10.0 Å². The van der Waals surface area contributed by atoms with E-state index in [9.17, 15) is 4.79 Å². The maximum absolute atomic E-state index is 12.5. The van der Waals surface area contributed by atoms with Gasteiger partial charge in [-0.15, -0.1) is 0 Å². The van der Waals surface area contributed by atoms with Crippen molar-refractivity contribution < 1.29 is 14.3 Å². The van der Waals surface area contributed by atoms with Crippen LogP contribution < -0.4 is 14.8 Å². The Kier molecular flexibility index (Phi) is 8.70. The van der Waals surface area contributed by atoms with Gasteiger partial charge < -0.3 is 14.8 Å². The number of amides is 1. The minimum atomic E-state index is -0.271. The van der Waals surface area contributed by atoms with Gasteiger partial charge in [0, 0.05) is 22.3 Å². The number of halogens is 3. The average molecular weight is 587 g/mol. The molecular formula is C27H22BrCl2N3O3. The highest BCUT2D eigenvalue weighted by molar-refractivity contribution is 9.10. The van der Waals surface area contributed by atoms with Crippen molar-refractivity contribution in [1.29, 1.82) is 0 Å². The molecule has 36 heavy (non-hydrogen) atoms. The number of hydrogen-bond acceptors (Lipinski definition) is 4. The number of nitrogens with one attached hydrogen (secondary N) is 1. The summed E-state index contributed by atoms with van der Waals surface area (Å²) in [7, 11) is 1.61. The molecule has 9 heteroatoms. The van der Waals surface area contributed by atoms with Gasteiger partial charge in [0.25, 0.3) is 0 Å². The summed E-state index contributed by atoms with van der Waals surface area (Å²) in [4.78, 5) is 12.5. The summed E-state index contributed by atoms with van der Waals surface area (Å²) >= 11 is 15.5. The molecule has 0 saturated heterocycles. The number of hydrogen-bond donors (Lipinski definition) is 1. The van der Waals surface area contributed by atoms with E-state index in [1.54, 1.807) is 42.4 Å². The Morgan fingerprint density at radius 3 is 2.64 bits per heavy atom. The van der Waals surface area contributed by atoms with E-state index in [-0.39, 0.29) is 5.91 Å². The smallest absolute Gasteiger partial charge is 0.248 e. The van der Waals surface area contributed by atoms with Gasteiger partial charge in [0.05, 0.1) is 35.6 Å². The lowest BCUT2D eigenvalue weighted by atomic mass is 10.1. The number of nitrogens with zero attached hydrogens (tertiary/aromatic N) is 2. The van der Waals surface area contributed by atoms with Crippen LogP contribution in [0.5, 0.6) is 11.5 Å². The van der Waals surface area contributed by atoms with Crippen molar-refractivity contribution in [2.45, 2.75) is 13.2 Å². The molecule has 0 bridgehead atoms. The second-order valence-electron chi connectivity index (χ2n) is 7.81. The third-order valence-electron chi connectivity index (χ3n) is 5.17. The second-order valence-corrected chi connectivity index (χ2v) is 9.54. The van der Waals surface area contributed by atoms with Crippen molar-refractivity contribution in [3.8, 4) is 11.5 Å². The van der Waals surface area contributed by atoms with Crippen molar-refractivity contribution in [1.82, 2.24) is 9.78 Å². The van der Waals surface area contributed by atoms with Gasteiger partial charge in [-0.05, 0) is 65.7 Å². The summed E-state index contributed by atoms with van der Waals surface area (Å²) < 4.78 is 14.0. The predicted octanol–water partition coefficient (Wildman–Crippen LogP) is 7.24. The van der Waals surface area contributed by atoms with E-state index in [1.165, 1.54) is 6.08 Å². The van der Waals surface area contributed by atoms with E-state index in [4.69, 9.17) is 32.7 Å². The van der Waals surface area contributed by atoms with E-state index in [0.29, 0.717) is 34.6 Å². The predicted molar refractivity (Wildman–Crippen MR) is 147 cm³/mol. The molecule has 1 heterocycles. The number of carbonyl (C=O) groups is 1. The standard InChI is InChI=1S/C27H22BrCl2N3O3/c1-35-26-10-3-18(12-20(26)17-36-23-7-5-21(28)6-8-23)4-11-27(34)32-22-14-31-33(16-22)15-19-2-9-24(29)25(30)13-19/h2-14,16H,15,17H2,1H3,(H,32,34)/b11-4+. The van der Waals surface area contributed by atoms with Crippen LogP contribution in [0.3, 0.4) is 0 Å². The van der Waals surface area contributed by atoms with Crippen LogP contribution in [0.4, 0.5) is 5.69 Å². The lowest BCUT2D eigenvalue weighted by Gasteiger charge is -2.11. The van der Waals surface area contributed by atoms with Crippen LogP contribution in [0, 0.1) is 0 Å². The molecular weight excluding hydrogens is 565 g/mol. The molecule has 0 fully saturated rings. The lowest BCUT2D eigenvalue weighted by molar-refractivity contribution is -0.111. The first kappa shape index (κ1) is 25.8. The van der Waals surface area contributed by atoms with Crippen molar-refractivity contribution in [2.24, 2.45) is 0 Å². The third kappa shape index (κ3) is 7.13. The zero-order valence-electron chi connectivity index (χ0n) is 19.3. The molecule has 1 N–H and O–H groups in total. The molecule has 0 aliphatic heterocycles. The van der Waals surface area contributed by atoms with Gasteiger partial charge in [-0.1, -0.05) is 51.3 Å². The summed E-state index contributed by atoms with van der Waals surface area (Å²) in [6.45, 7) is 0.830. The van der Waals surface area contributed by atoms with Crippen molar-refractivity contribution in [2.75, 3.05) is 12.4 Å². The highest BCUT2D eigenvalue weighted by Crippen LogP contribution is 2.25. The fraction of sp³-hybridized carbons (Fsp3) is 0.111. The van der Waals surface area contributed by atoms with Gasteiger partial charge in [-0.3, -0.25) is 9.48 Å². The fourth-order valence-electron chi connectivity index (χ4n) is 3.40. The number of benzene rings is 3. The van der Waals surface area contributed by atoms with Crippen LogP contribution in [0.15, 0.2) is 83.6 Å². The zero-order valence-corrected chi connectivity index (χ0v) is 22.3. The van der Waals surface area contributed by atoms with Crippen LogP contribution in [-0.2, 0) is 17.9 Å². The number of ether oxygens (including phenoxy) is 2. The van der Waals surface area contributed by atoms with E-state index in [0.717, 1.165) is 26.9 Å². The van der Waals surface area contributed by atoms with Crippen molar-refractivity contribution in [3.63, 3.8) is 0 Å². The maximum Gasteiger partial charge on any atom is 0.248 e. The van der Waals surface area contributed by atoms with Crippen LogP contribution in [0.1, 0.15) is 16.7 Å². The minimum absolute atomic E-state index is 0.271.